The minimum Gasteiger partial charge on any atom is -0.306 e. The topological polar surface area (TPSA) is 41.0 Å². The maximum atomic E-state index is 13.6. The van der Waals surface area contributed by atoms with Gasteiger partial charge in [-0.2, -0.15) is 0 Å². The number of aromatic amines is 1. The highest BCUT2D eigenvalue weighted by atomic mass is 32.1. The number of nitrogens with zero attached hydrogens (tertiary/aromatic N) is 2. The molecule has 0 amide bonds. The zero-order chi connectivity index (χ0) is 19.1. The van der Waals surface area contributed by atoms with Gasteiger partial charge in [0.1, 0.15) is 5.82 Å². The Bertz CT molecular complexity index is 1210. The summed E-state index contributed by atoms with van der Waals surface area (Å²) in [4.78, 5) is 18.9. The van der Waals surface area contributed by atoms with E-state index in [0.29, 0.717) is 0 Å². The number of thiophene rings is 1. The van der Waals surface area contributed by atoms with Crippen molar-refractivity contribution in [3.8, 4) is 0 Å². The number of hydrogen-bond acceptors (Lipinski definition) is 3. The van der Waals surface area contributed by atoms with E-state index in [1.165, 1.54) is 15.1 Å². The summed E-state index contributed by atoms with van der Waals surface area (Å²) in [5, 5.41) is 1.10. The monoisotopic (exact) mass is 395 g/mol. The summed E-state index contributed by atoms with van der Waals surface area (Å²) in [5.74, 6) is -0.150. The molecule has 4 aromatic rings. The first-order chi connectivity index (χ1) is 13.7. The first-order valence-electron chi connectivity index (χ1n) is 9.79. The van der Waals surface area contributed by atoms with Gasteiger partial charge in [0.05, 0.1) is 11.0 Å². The highest BCUT2D eigenvalue weighted by Crippen LogP contribution is 2.35. The molecule has 0 radical (unpaired) electrons. The maximum Gasteiger partial charge on any atom is 0.326 e. The zero-order valence-electron chi connectivity index (χ0n) is 15.6. The number of aromatic nitrogens is 2. The van der Waals surface area contributed by atoms with Crippen molar-refractivity contribution in [2.75, 3.05) is 13.1 Å². The molecule has 1 N–H and O–H groups in total. The van der Waals surface area contributed by atoms with Crippen molar-refractivity contribution in [2.45, 2.75) is 32.4 Å². The summed E-state index contributed by atoms with van der Waals surface area (Å²) in [7, 11) is 0. The second-order valence-electron chi connectivity index (χ2n) is 7.48. The summed E-state index contributed by atoms with van der Waals surface area (Å²) < 4.78 is 16.6. The third-order valence-corrected chi connectivity index (χ3v) is 6.87. The lowest BCUT2D eigenvalue weighted by Gasteiger charge is -2.26. The van der Waals surface area contributed by atoms with E-state index in [2.05, 4.69) is 9.88 Å². The van der Waals surface area contributed by atoms with Gasteiger partial charge in [-0.25, -0.2) is 9.18 Å². The number of fused-ring (bicyclic) bond motifs is 4. The smallest absolute Gasteiger partial charge is 0.306 e. The Balaban J connectivity index is 1.21. The minimum absolute atomic E-state index is 0.0266. The Hall–Kier alpha value is -2.44. The number of imidazole rings is 1. The van der Waals surface area contributed by atoms with Crippen molar-refractivity contribution in [1.29, 1.82) is 0 Å². The van der Waals surface area contributed by atoms with Gasteiger partial charge in [0.2, 0.25) is 0 Å². The molecule has 0 fully saturated rings. The fourth-order valence-electron chi connectivity index (χ4n) is 4.25. The van der Waals surface area contributed by atoms with Crippen molar-refractivity contribution in [2.24, 2.45) is 0 Å². The largest absolute Gasteiger partial charge is 0.326 e. The predicted molar refractivity (Wildman–Crippen MR) is 113 cm³/mol. The summed E-state index contributed by atoms with van der Waals surface area (Å²) in [6, 6.07) is 13.0. The SMILES string of the molecule is O=c1[nH]c2ccccc2n1CCCCN1CCc2c(sc3ccc(F)cc23)C1. The lowest BCUT2D eigenvalue weighted by molar-refractivity contribution is 0.251. The van der Waals surface area contributed by atoms with Crippen molar-refractivity contribution < 1.29 is 4.39 Å². The number of para-hydroxylation sites is 2. The zero-order valence-corrected chi connectivity index (χ0v) is 16.4. The molecule has 0 saturated heterocycles. The average molecular weight is 396 g/mol. The average Bonchev–Trinajstić information content (AvgIpc) is 3.21. The molecule has 0 saturated carbocycles. The molecule has 2 aromatic carbocycles. The molecular weight excluding hydrogens is 373 g/mol. The third-order valence-electron chi connectivity index (χ3n) is 5.67. The lowest BCUT2D eigenvalue weighted by atomic mass is 10.0. The molecule has 6 heteroatoms. The Kier molecular flexibility index (Phi) is 4.53. The van der Waals surface area contributed by atoms with E-state index in [4.69, 9.17) is 0 Å². The van der Waals surface area contributed by atoms with Crippen LogP contribution in [0.3, 0.4) is 0 Å². The van der Waals surface area contributed by atoms with Crippen molar-refractivity contribution >= 4 is 32.5 Å². The van der Waals surface area contributed by atoms with Gasteiger partial charge in [-0.15, -0.1) is 11.3 Å². The molecule has 5 rings (SSSR count). The first-order valence-corrected chi connectivity index (χ1v) is 10.6. The molecule has 3 heterocycles. The van der Waals surface area contributed by atoms with Gasteiger partial charge in [-0.1, -0.05) is 12.1 Å². The highest BCUT2D eigenvalue weighted by Gasteiger charge is 2.21. The van der Waals surface area contributed by atoms with Crippen LogP contribution < -0.4 is 5.69 Å². The van der Waals surface area contributed by atoms with Crippen molar-refractivity contribution in [1.82, 2.24) is 14.5 Å². The van der Waals surface area contributed by atoms with Crippen LogP contribution in [0.2, 0.25) is 0 Å². The molecule has 2 aromatic heterocycles. The number of halogens is 1. The van der Waals surface area contributed by atoms with Crippen molar-refractivity contribution in [3.63, 3.8) is 0 Å². The fourth-order valence-corrected chi connectivity index (χ4v) is 5.53. The van der Waals surface area contributed by atoms with E-state index >= 15 is 0 Å². The number of unbranched alkanes of at least 4 members (excludes halogenated alkanes) is 1. The van der Waals surface area contributed by atoms with E-state index in [9.17, 15) is 9.18 Å². The van der Waals surface area contributed by atoms with Crippen LogP contribution >= 0.6 is 11.3 Å². The fraction of sp³-hybridized carbons (Fsp3) is 0.318. The third kappa shape index (κ3) is 3.16. The van der Waals surface area contributed by atoms with Crippen LogP contribution in [0.5, 0.6) is 0 Å². The van der Waals surface area contributed by atoms with Crippen LogP contribution in [-0.2, 0) is 19.5 Å². The quantitative estimate of drug-likeness (QED) is 0.505. The molecule has 1 aliphatic heterocycles. The maximum absolute atomic E-state index is 13.6. The molecule has 0 atom stereocenters. The Morgan fingerprint density at radius 3 is 2.89 bits per heavy atom. The van der Waals surface area contributed by atoms with Gasteiger partial charge in [0.15, 0.2) is 0 Å². The molecule has 28 heavy (non-hydrogen) atoms. The number of benzene rings is 2. The van der Waals surface area contributed by atoms with Crippen LogP contribution in [0.15, 0.2) is 47.3 Å². The van der Waals surface area contributed by atoms with E-state index < -0.39 is 0 Å². The van der Waals surface area contributed by atoms with Gasteiger partial charge >= 0.3 is 5.69 Å². The van der Waals surface area contributed by atoms with Crippen LogP contribution in [0.25, 0.3) is 21.1 Å². The number of H-pyrrole nitrogens is 1. The van der Waals surface area contributed by atoms with Gasteiger partial charge < -0.3 is 4.98 Å². The summed E-state index contributed by atoms with van der Waals surface area (Å²) >= 11 is 1.79. The van der Waals surface area contributed by atoms with Gasteiger partial charge in [0.25, 0.3) is 0 Å². The molecular formula is C22H22FN3OS. The molecule has 4 nitrogen and oxygen atoms in total. The van der Waals surface area contributed by atoms with Gasteiger partial charge in [-0.05, 0) is 67.1 Å². The molecule has 0 aliphatic carbocycles. The summed E-state index contributed by atoms with van der Waals surface area (Å²) in [5.41, 5.74) is 3.19. The summed E-state index contributed by atoms with van der Waals surface area (Å²) in [6.07, 6.45) is 3.02. The Morgan fingerprint density at radius 1 is 1.11 bits per heavy atom. The van der Waals surface area contributed by atoms with Gasteiger partial charge in [0, 0.05) is 29.2 Å². The lowest BCUT2D eigenvalue weighted by Crippen LogP contribution is -2.30. The number of nitrogens with one attached hydrogen (secondary N) is 1. The normalized spacial score (nSPS) is 14.8. The predicted octanol–water partition coefficient (Wildman–Crippen LogP) is 4.52. The summed E-state index contributed by atoms with van der Waals surface area (Å²) in [6.45, 7) is 3.73. The molecule has 1 aliphatic rings. The molecule has 0 unspecified atom stereocenters. The Labute approximate surface area is 166 Å². The van der Waals surface area contributed by atoms with Crippen LogP contribution in [-0.4, -0.2) is 27.5 Å². The molecule has 0 bridgehead atoms. The van der Waals surface area contributed by atoms with E-state index in [1.54, 1.807) is 23.5 Å². The van der Waals surface area contributed by atoms with Crippen molar-refractivity contribution in [3.05, 3.63) is 69.2 Å². The Morgan fingerprint density at radius 2 is 1.96 bits per heavy atom. The van der Waals surface area contributed by atoms with E-state index in [1.807, 2.05) is 34.9 Å². The van der Waals surface area contributed by atoms with Crippen LogP contribution in [0.4, 0.5) is 4.39 Å². The van der Waals surface area contributed by atoms with Crippen LogP contribution in [0, 0.1) is 5.82 Å². The molecule has 0 spiro atoms. The number of rotatable bonds is 5. The second-order valence-corrected chi connectivity index (χ2v) is 8.61. The van der Waals surface area contributed by atoms with E-state index in [0.717, 1.165) is 61.9 Å². The second kappa shape index (κ2) is 7.18. The number of aryl methyl sites for hydroxylation is 1. The highest BCUT2D eigenvalue weighted by molar-refractivity contribution is 7.19. The van der Waals surface area contributed by atoms with Crippen LogP contribution in [0.1, 0.15) is 23.3 Å². The van der Waals surface area contributed by atoms with E-state index in [-0.39, 0.29) is 11.5 Å². The minimum atomic E-state index is -0.150. The first kappa shape index (κ1) is 17.6. The number of hydrogen-bond donors (Lipinski definition) is 1. The molecule has 144 valence electrons. The standard InChI is InChI=1S/C22H22FN3OS/c23-15-7-8-20-17(13-15)16-9-12-25(14-21(16)28-20)10-3-4-11-26-19-6-2-1-5-18(19)24-22(26)27/h1-2,5-8,13H,3-4,9-12,14H2,(H,24,27). The van der Waals surface area contributed by atoms with Gasteiger partial charge in [-0.3, -0.25) is 9.47 Å².